The van der Waals surface area contributed by atoms with E-state index in [9.17, 15) is 22.8 Å². The van der Waals surface area contributed by atoms with E-state index in [1.165, 1.54) is 12.1 Å². The Kier molecular flexibility index (Phi) is 8.24. The van der Waals surface area contributed by atoms with Gasteiger partial charge in [-0.05, 0) is 48.6 Å². The van der Waals surface area contributed by atoms with Crippen LogP contribution in [0.5, 0.6) is 0 Å². The third-order valence-electron chi connectivity index (χ3n) is 7.35. The summed E-state index contributed by atoms with van der Waals surface area (Å²) in [5, 5.41) is 3.25. The summed E-state index contributed by atoms with van der Waals surface area (Å²) in [6.45, 7) is 11.7. The first-order valence-electron chi connectivity index (χ1n) is 12.6. The van der Waals surface area contributed by atoms with Crippen molar-refractivity contribution in [3.8, 4) is 0 Å². The van der Waals surface area contributed by atoms with Crippen LogP contribution in [0.3, 0.4) is 0 Å². The Morgan fingerprint density at radius 3 is 2.43 bits per heavy atom. The highest BCUT2D eigenvalue weighted by atomic mass is 19.4. The Balaban J connectivity index is 1.64. The van der Waals surface area contributed by atoms with E-state index in [1.54, 1.807) is 18.0 Å². The number of hydrogen-bond donors (Lipinski definition) is 1. The van der Waals surface area contributed by atoms with Gasteiger partial charge in [0.15, 0.2) is 0 Å². The number of likely N-dealkylation sites (N-methyl/N-ethyl adjacent to an activating group) is 1. The minimum atomic E-state index is -4.35. The van der Waals surface area contributed by atoms with Gasteiger partial charge in [-0.15, -0.1) is 0 Å². The fourth-order valence-corrected chi connectivity index (χ4v) is 5.61. The molecule has 3 unspecified atom stereocenters. The third kappa shape index (κ3) is 6.78. The van der Waals surface area contributed by atoms with E-state index >= 15 is 0 Å². The van der Waals surface area contributed by atoms with E-state index in [4.69, 9.17) is 0 Å². The van der Waals surface area contributed by atoms with Crippen LogP contribution in [0.1, 0.15) is 65.0 Å². The largest absolute Gasteiger partial charge is 0.416 e. The summed E-state index contributed by atoms with van der Waals surface area (Å²) in [6.07, 6.45) is -1.88. The number of fused-ring (bicyclic) bond motifs is 1. The van der Waals surface area contributed by atoms with Crippen LogP contribution >= 0.6 is 0 Å². The Morgan fingerprint density at radius 2 is 1.83 bits per heavy atom. The average molecular weight is 496 g/mol. The maximum absolute atomic E-state index is 13.4. The molecule has 1 heterocycles. The number of carbonyl (C=O) groups is 2. The van der Waals surface area contributed by atoms with Gasteiger partial charge in [-0.1, -0.05) is 52.8 Å². The van der Waals surface area contributed by atoms with Crippen molar-refractivity contribution in [1.29, 1.82) is 0 Å². The lowest BCUT2D eigenvalue weighted by molar-refractivity contribution is -0.145. The minimum absolute atomic E-state index is 0.0202. The highest BCUT2D eigenvalue weighted by Gasteiger charge is 2.44. The molecule has 35 heavy (non-hydrogen) atoms. The van der Waals surface area contributed by atoms with Crippen LogP contribution in [0.25, 0.3) is 0 Å². The molecule has 1 aromatic rings. The zero-order chi connectivity index (χ0) is 26.1. The monoisotopic (exact) mass is 495 g/mol. The maximum atomic E-state index is 13.4. The first-order valence-corrected chi connectivity index (χ1v) is 12.6. The van der Waals surface area contributed by atoms with Crippen molar-refractivity contribution in [3.63, 3.8) is 0 Å². The molecule has 2 aliphatic rings. The zero-order valence-electron chi connectivity index (χ0n) is 21.8. The molecule has 0 aromatic heterocycles. The number of alkyl halides is 3. The first-order chi connectivity index (χ1) is 16.2. The van der Waals surface area contributed by atoms with Crippen molar-refractivity contribution >= 4 is 11.8 Å². The van der Waals surface area contributed by atoms with Crippen LogP contribution in [0.15, 0.2) is 24.3 Å². The topological polar surface area (TPSA) is 52.7 Å². The highest BCUT2D eigenvalue weighted by Crippen LogP contribution is 2.39. The number of hydrogen-bond acceptors (Lipinski definition) is 3. The van der Waals surface area contributed by atoms with Gasteiger partial charge in [-0.25, -0.2) is 0 Å². The lowest BCUT2D eigenvalue weighted by atomic mass is 9.92. The molecule has 1 aliphatic heterocycles. The van der Waals surface area contributed by atoms with Crippen molar-refractivity contribution in [2.24, 2.45) is 23.2 Å². The van der Waals surface area contributed by atoms with E-state index in [0.717, 1.165) is 32.0 Å². The zero-order valence-corrected chi connectivity index (χ0v) is 21.8. The van der Waals surface area contributed by atoms with Crippen molar-refractivity contribution < 1.29 is 22.8 Å². The summed E-state index contributed by atoms with van der Waals surface area (Å²) < 4.78 is 39.2. The summed E-state index contributed by atoms with van der Waals surface area (Å²) in [6, 6.07) is 5.02. The van der Waals surface area contributed by atoms with Crippen molar-refractivity contribution in [2.75, 3.05) is 20.1 Å². The molecule has 1 N–H and O–H groups in total. The molecule has 5 nitrogen and oxygen atoms in total. The molecular weight excluding hydrogens is 455 g/mol. The quantitative estimate of drug-likeness (QED) is 0.582. The number of carbonyl (C=O) groups excluding carboxylic acids is 2. The predicted molar refractivity (Wildman–Crippen MR) is 130 cm³/mol. The van der Waals surface area contributed by atoms with Crippen molar-refractivity contribution in [3.05, 3.63) is 35.4 Å². The number of benzene rings is 1. The van der Waals surface area contributed by atoms with Crippen LogP contribution in [0.2, 0.25) is 0 Å². The van der Waals surface area contributed by atoms with Gasteiger partial charge in [0.05, 0.1) is 5.56 Å². The molecule has 1 saturated heterocycles. The molecule has 2 amide bonds. The summed E-state index contributed by atoms with van der Waals surface area (Å²) in [5.41, 5.74) is -0.540. The summed E-state index contributed by atoms with van der Waals surface area (Å²) in [7, 11) is 1.71. The second-order valence-corrected chi connectivity index (χ2v) is 11.8. The Morgan fingerprint density at radius 1 is 1.14 bits per heavy atom. The third-order valence-corrected chi connectivity index (χ3v) is 7.35. The molecule has 0 spiro atoms. The lowest BCUT2D eigenvalue weighted by Crippen LogP contribution is -2.53. The van der Waals surface area contributed by atoms with Crippen LogP contribution in [0, 0.1) is 23.2 Å². The molecule has 1 aliphatic carbocycles. The Bertz CT molecular complexity index is 910. The number of rotatable bonds is 7. The summed E-state index contributed by atoms with van der Waals surface area (Å²) in [4.78, 5) is 30.1. The van der Waals surface area contributed by atoms with E-state index in [-0.39, 0.29) is 29.7 Å². The lowest BCUT2D eigenvalue weighted by Gasteiger charge is -2.34. The molecule has 8 heteroatoms. The molecule has 1 aromatic carbocycles. The molecule has 2 fully saturated rings. The average Bonchev–Trinajstić information content (AvgIpc) is 3.30. The van der Waals surface area contributed by atoms with E-state index < -0.39 is 23.2 Å². The van der Waals surface area contributed by atoms with Gasteiger partial charge < -0.3 is 10.2 Å². The molecule has 196 valence electrons. The number of nitrogens with zero attached hydrogens (tertiary/aromatic N) is 2. The second-order valence-electron chi connectivity index (χ2n) is 11.8. The molecule has 0 bridgehead atoms. The van der Waals surface area contributed by atoms with Gasteiger partial charge in [-0.3, -0.25) is 14.5 Å². The van der Waals surface area contributed by atoms with Crippen LogP contribution in [-0.4, -0.2) is 53.8 Å². The summed E-state index contributed by atoms with van der Waals surface area (Å²) in [5.74, 6) is 0.778. The SMILES string of the molecule is CC(C)CC(C(=O)NC1CC[C@H]2CN(Cc3cccc(C(F)(F)F)c3)CC12)N(C)C(=O)C(C)(C)C. The number of halogens is 3. The van der Waals surface area contributed by atoms with Gasteiger partial charge in [0, 0.05) is 38.1 Å². The van der Waals surface area contributed by atoms with Gasteiger partial charge >= 0.3 is 6.18 Å². The molecule has 1 saturated carbocycles. The smallest absolute Gasteiger partial charge is 0.351 e. The maximum Gasteiger partial charge on any atom is 0.416 e. The van der Waals surface area contributed by atoms with Gasteiger partial charge in [0.2, 0.25) is 11.8 Å². The van der Waals surface area contributed by atoms with Crippen molar-refractivity contribution in [1.82, 2.24) is 15.1 Å². The van der Waals surface area contributed by atoms with E-state index in [1.807, 2.05) is 34.6 Å². The Hall–Kier alpha value is -2.09. The van der Waals surface area contributed by atoms with Gasteiger partial charge in [0.1, 0.15) is 6.04 Å². The molecular formula is C27H40F3N3O2. The van der Waals surface area contributed by atoms with Gasteiger partial charge in [-0.2, -0.15) is 13.2 Å². The van der Waals surface area contributed by atoms with Crippen LogP contribution in [-0.2, 0) is 22.3 Å². The van der Waals surface area contributed by atoms with Crippen molar-refractivity contribution in [2.45, 2.75) is 78.7 Å². The Labute approximate surface area is 207 Å². The fraction of sp³-hybridized carbons (Fsp3) is 0.704. The number of amides is 2. The van der Waals surface area contributed by atoms with E-state index in [0.29, 0.717) is 24.4 Å². The van der Waals surface area contributed by atoms with Crippen LogP contribution in [0.4, 0.5) is 13.2 Å². The van der Waals surface area contributed by atoms with Gasteiger partial charge in [0.25, 0.3) is 0 Å². The predicted octanol–water partition coefficient (Wildman–Crippen LogP) is 4.95. The molecule has 4 atom stereocenters. The highest BCUT2D eigenvalue weighted by molar-refractivity contribution is 5.89. The standard InChI is InChI=1S/C27H40F3N3O2/c1-17(2)12-23(32(6)25(35)26(3,4)5)24(34)31-22-11-10-19-15-33(16-21(19)22)14-18-8-7-9-20(13-18)27(28,29)30/h7-9,13,17,19,21-23H,10-12,14-16H2,1-6H3,(H,31,34)/t19-,21?,22?,23?/m0/s1. The summed E-state index contributed by atoms with van der Waals surface area (Å²) >= 11 is 0. The normalized spacial score (nSPS) is 23.9. The number of nitrogens with one attached hydrogen (secondary N) is 1. The number of likely N-dealkylation sites (tertiary alicyclic amines) is 1. The molecule has 0 radical (unpaired) electrons. The van der Waals surface area contributed by atoms with Crippen LogP contribution < -0.4 is 5.32 Å². The molecule has 3 rings (SSSR count). The second kappa shape index (κ2) is 10.5. The fourth-order valence-electron chi connectivity index (χ4n) is 5.61. The van der Waals surface area contributed by atoms with E-state index in [2.05, 4.69) is 10.2 Å². The minimum Gasteiger partial charge on any atom is -0.351 e. The first kappa shape index (κ1) is 27.5.